The molecule has 0 aromatic carbocycles. The molecule has 102 valence electrons. The molecule has 1 aromatic rings. The second kappa shape index (κ2) is 5.42. The van der Waals surface area contributed by atoms with Gasteiger partial charge in [-0.2, -0.15) is 0 Å². The first-order valence-electron chi connectivity index (χ1n) is 5.75. The Labute approximate surface area is 115 Å². The van der Waals surface area contributed by atoms with Gasteiger partial charge in [-0.25, -0.2) is 18.1 Å². The number of hydrogen-bond donors (Lipinski definition) is 2. The molecule has 0 radical (unpaired) electrons. The van der Waals surface area contributed by atoms with Gasteiger partial charge in [0.1, 0.15) is 0 Å². The molecule has 1 saturated carbocycles. The minimum absolute atomic E-state index is 0.0465. The Morgan fingerprint density at radius 1 is 1.44 bits per heavy atom. The summed E-state index contributed by atoms with van der Waals surface area (Å²) < 4.78 is 26.5. The van der Waals surface area contributed by atoms with E-state index in [0.717, 1.165) is 30.6 Å². The highest BCUT2D eigenvalue weighted by molar-refractivity contribution is 7.91. The monoisotopic (exact) mass is 310 g/mol. The molecule has 18 heavy (non-hydrogen) atoms. The van der Waals surface area contributed by atoms with Gasteiger partial charge < -0.3 is 5.11 Å². The van der Waals surface area contributed by atoms with Gasteiger partial charge in [0.05, 0.1) is 11.8 Å². The fourth-order valence-electron chi connectivity index (χ4n) is 2.05. The highest BCUT2D eigenvalue weighted by atomic mass is 35.5. The van der Waals surface area contributed by atoms with Gasteiger partial charge >= 0.3 is 0 Å². The average molecular weight is 311 g/mol. The first kappa shape index (κ1) is 14.2. The molecule has 2 N–H and O–H groups in total. The van der Waals surface area contributed by atoms with Crippen molar-refractivity contribution in [2.24, 2.45) is 0 Å². The van der Waals surface area contributed by atoms with Gasteiger partial charge in [-0.1, -0.05) is 42.2 Å². The molecule has 0 aliphatic heterocycles. The van der Waals surface area contributed by atoms with Gasteiger partial charge in [0.15, 0.2) is 8.68 Å². The van der Waals surface area contributed by atoms with Crippen molar-refractivity contribution in [2.75, 3.05) is 6.54 Å². The van der Waals surface area contributed by atoms with Crippen LogP contribution >= 0.6 is 22.9 Å². The molecule has 1 heterocycles. The van der Waals surface area contributed by atoms with E-state index in [1.807, 2.05) is 0 Å². The minimum atomic E-state index is -3.62. The molecule has 0 amide bonds. The number of aliphatic hydroxyl groups is 1. The van der Waals surface area contributed by atoms with Crippen LogP contribution in [-0.2, 0) is 10.0 Å². The van der Waals surface area contributed by atoms with Crippen LogP contribution in [0.1, 0.15) is 32.1 Å². The lowest BCUT2D eigenvalue weighted by molar-refractivity contribution is 0.00946. The lowest BCUT2D eigenvalue weighted by Gasteiger charge is -2.31. The number of hydrogen-bond acceptors (Lipinski definition) is 5. The summed E-state index contributed by atoms with van der Waals surface area (Å²) in [5, 5.41) is 10.2. The van der Waals surface area contributed by atoms with Gasteiger partial charge in [0.2, 0.25) is 0 Å². The first-order chi connectivity index (χ1) is 8.41. The van der Waals surface area contributed by atoms with Crippen molar-refractivity contribution in [1.29, 1.82) is 0 Å². The smallest absolute Gasteiger partial charge is 0.251 e. The minimum Gasteiger partial charge on any atom is -0.389 e. The molecule has 0 spiro atoms. The molecule has 0 atom stereocenters. The highest BCUT2D eigenvalue weighted by Gasteiger charge is 2.31. The summed E-state index contributed by atoms with van der Waals surface area (Å²) in [6, 6.07) is 0. The fourth-order valence-corrected chi connectivity index (χ4v) is 4.51. The Morgan fingerprint density at radius 3 is 2.67 bits per heavy atom. The largest absolute Gasteiger partial charge is 0.389 e. The molecule has 2 rings (SSSR count). The molecule has 1 aliphatic carbocycles. The van der Waals surface area contributed by atoms with Crippen LogP contribution < -0.4 is 4.72 Å². The Kier molecular flexibility index (Phi) is 4.28. The van der Waals surface area contributed by atoms with Gasteiger partial charge in [-0.15, -0.1) is 0 Å². The lowest BCUT2D eigenvalue weighted by Crippen LogP contribution is -2.44. The van der Waals surface area contributed by atoms with Crippen molar-refractivity contribution in [1.82, 2.24) is 9.71 Å². The Morgan fingerprint density at radius 2 is 2.11 bits per heavy atom. The predicted molar refractivity (Wildman–Crippen MR) is 70.3 cm³/mol. The van der Waals surface area contributed by atoms with Crippen molar-refractivity contribution in [3.63, 3.8) is 0 Å². The normalized spacial score (nSPS) is 19.9. The van der Waals surface area contributed by atoms with Crippen LogP contribution in [0.15, 0.2) is 10.4 Å². The zero-order chi connectivity index (χ0) is 13.2. The Bertz CT molecular complexity index is 509. The van der Waals surface area contributed by atoms with Gasteiger partial charge in [-0.05, 0) is 12.8 Å². The van der Waals surface area contributed by atoms with Crippen molar-refractivity contribution >= 4 is 33.0 Å². The van der Waals surface area contributed by atoms with Gasteiger partial charge in [0, 0.05) is 6.54 Å². The third kappa shape index (κ3) is 3.42. The molecule has 1 aliphatic rings. The van der Waals surface area contributed by atoms with Crippen LogP contribution in [0.3, 0.4) is 0 Å². The molecule has 0 bridgehead atoms. The fraction of sp³-hybridized carbons (Fsp3) is 0.700. The van der Waals surface area contributed by atoms with Crippen molar-refractivity contribution in [3.05, 3.63) is 10.7 Å². The number of thiazole rings is 1. The van der Waals surface area contributed by atoms with E-state index in [1.54, 1.807) is 0 Å². The summed E-state index contributed by atoms with van der Waals surface area (Å²) in [4.78, 5) is 3.70. The summed E-state index contributed by atoms with van der Waals surface area (Å²) in [5.74, 6) is 0. The Balaban J connectivity index is 2.01. The molecular formula is C10H15ClN2O3S2. The van der Waals surface area contributed by atoms with Crippen molar-refractivity contribution < 1.29 is 13.5 Å². The summed E-state index contributed by atoms with van der Waals surface area (Å²) in [6.07, 6.45) is 5.47. The Hall–Kier alpha value is -0.210. The van der Waals surface area contributed by atoms with Crippen LogP contribution in [0.2, 0.25) is 4.47 Å². The second-order valence-electron chi connectivity index (χ2n) is 4.54. The van der Waals surface area contributed by atoms with Gasteiger partial charge in [-0.3, -0.25) is 0 Å². The standard InChI is InChI=1S/C10H15ClN2O3S2/c11-9-12-6-8(17-9)18(15,16)13-7-10(14)4-2-1-3-5-10/h6,13-14H,1-5,7H2. The zero-order valence-electron chi connectivity index (χ0n) is 9.73. The maximum absolute atomic E-state index is 11.9. The maximum Gasteiger partial charge on any atom is 0.251 e. The third-order valence-corrected chi connectivity index (χ3v) is 6.07. The molecule has 5 nitrogen and oxygen atoms in total. The lowest BCUT2D eigenvalue weighted by atomic mass is 9.85. The van der Waals surface area contributed by atoms with E-state index in [9.17, 15) is 13.5 Å². The average Bonchev–Trinajstić information content (AvgIpc) is 2.76. The number of aromatic nitrogens is 1. The van der Waals surface area contributed by atoms with E-state index in [0.29, 0.717) is 12.8 Å². The topological polar surface area (TPSA) is 79.3 Å². The van der Waals surface area contributed by atoms with E-state index in [2.05, 4.69) is 9.71 Å². The molecule has 1 aromatic heterocycles. The summed E-state index contributed by atoms with van der Waals surface area (Å²) in [5.41, 5.74) is -0.917. The second-order valence-corrected chi connectivity index (χ2v) is 8.15. The predicted octanol–water partition coefficient (Wildman–Crippen LogP) is 1.77. The van der Waals surface area contributed by atoms with E-state index < -0.39 is 15.6 Å². The molecular weight excluding hydrogens is 296 g/mol. The molecule has 0 saturated heterocycles. The number of halogens is 1. The number of nitrogens with one attached hydrogen (secondary N) is 1. The summed E-state index contributed by atoms with van der Waals surface area (Å²) >= 11 is 6.51. The number of nitrogens with zero attached hydrogens (tertiary/aromatic N) is 1. The van der Waals surface area contributed by atoms with Crippen LogP contribution in [0.5, 0.6) is 0 Å². The highest BCUT2D eigenvalue weighted by Crippen LogP contribution is 2.28. The van der Waals surface area contributed by atoms with E-state index in [4.69, 9.17) is 11.6 Å². The SMILES string of the molecule is O=S(=O)(NCC1(O)CCCCC1)c1cnc(Cl)s1. The summed E-state index contributed by atoms with van der Waals surface area (Å²) in [6.45, 7) is 0.0465. The molecule has 1 fully saturated rings. The van der Waals surface area contributed by atoms with E-state index >= 15 is 0 Å². The van der Waals surface area contributed by atoms with Crippen molar-refractivity contribution in [3.8, 4) is 0 Å². The molecule has 0 unspecified atom stereocenters. The van der Waals surface area contributed by atoms with E-state index in [-0.39, 0.29) is 15.2 Å². The third-order valence-electron chi connectivity index (χ3n) is 3.10. The van der Waals surface area contributed by atoms with Crippen LogP contribution in [0.25, 0.3) is 0 Å². The number of sulfonamides is 1. The number of rotatable bonds is 4. The van der Waals surface area contributed by atoms with Gasteiger partial charge in [0.25, 0.3) is 10.0 Å². The zero-order valence-corrected chi connectivity index (χ0v) is 12.1. The molecule has 8 heteroatoms. The van der Waals surface area contributed by atoms with Crippen LogP contribution in [0, 0.1) is 0 Å². The first-order valence-corrected chi connectivity index (χ1v) is 8.42. The van der Waals surface area contributed by atoms with Crippen molar-refractivity contribution in [2.45, 2.75) is 41.9 Å². The maximum atomic E-state index is 11.9. The van der Waals surface area contributed by atoms with Crippen LogP contribution in [-0.4, -0.2) is 30.7 Å². The summed E-state index contributed by atoms with van der Waals surface area (Å²) in [7, 11) is -3.62. The van der Waals surface area contributed by atoms with Crippen LogP contribution in [0.4, 0.5) is 0 Å². The quantitative estimate of drug-likeness (QED) is 0.888. The van der Waals surface area contributed by atoms with E-state index in [1.165, 1.54) is 6.20 Å².